The molecular weight excluding hydrogens is 335 g/mol. The van der Waals surface area contributed by atoms with Gasteiger partial charge in [0.2, 0.25) is 0 Å². The van der Waals surface area contributed by atoms with Crippen molar-refractivity contribution in [3.63, 3.8) is 0 Å². The van der Waals surface area contributed by atoms with E-state index < -0.39 is 0 Å². The normalized spacial score (nSPS) is 9.81. The van der Waals surface area contributed by atoms with E-state index in [1.165, 1.54) is 11.3 Å². The SMILES string of the molecule is O=C(Nc1ccc(I)cc1)Nc1cccs1. The van der Waals surface area contributed by atoms with Crippen LogP contribution in [0.3, 0.4) is 0 Å². The number of halogens is 1. The minimum atomic E-state index is -0.219. The molecule has 0 fully saturated rings. The molecule has 0 unspecified atom stereocenters. The topological polar surface area (TPSA) is 41.1 Å². The largest absolute Gasteiger partial charge is 0.324 e. The van der Waals surface area contributed by atoms with E-state index in [2.05, 4.69) is 33.2 Å². The quantitative estimate of drug-likeness (QED) is 0.795. The second-order valence-corrected chi connectivity index (χ2v) is 5.26. The van der Waals surface area contributed by atoms with E-state index in [0.29, 0.717) is 0 Å². The van der Waals surface area contributed by atoms with Gasteiger partial charge in [-0.1, -0.05) is 0 Å². The number of amides is 2. The Morgan fingerprint density at radius 3 is 2.50 bits per heavy atom. The molecule has 0 saturated carbocycles. The highest BCUT2D eigenvalue weighted by atomic mass is 127. The van der Waals surface area contributed by atoms with Gasteiger partial charge in [-0.15, -0.1) is 11.3 Å². The summed E-state index contributed by atoms with van der Waals surface area (Å²) in [5.74, 6) is 0. The standard InChI is InChI=1S/C11H9IN2OS/c12-8-3-5-9(6-4-8)13-11(15)14-10-2-1-7-16-10/h1-7H,(H2,13,14,15). The molecule has 2 rings (SSSR count). The molecule has 1 aromatic heterocycles. The molecule has 3 nitrogen and oxygen atoms in total. The van der Waals surface area contributed by atoms with Crippen LogP contribution in [0.2, 0.25) is 0 Å². The summed E-state index contributed by atoms with van der Waals surface area (Å²) in [6, 6.07) is 11.2. The number of thiophene rings is 1. The van der Waals surface area contributed by atoms with Crippen LogP contribution < -0.4 is 10.6 Å². The van der Waals surface area contributed by atoms with Gasteiger partial charge < -0.3 is 5.32 Å². The van der Waals surface area contributed by atoms with Gasteiger partial charge in [0, 0.05) is 9.26 Å². The van der Waals surface area contributed by atoms with Crippen molar-refractivity contribution in [1.82, 2.24) is 0 Å². The Morgan fingerprint density at radius 2 is 1.88 bits per heavy atom. The number of anilines is 2. The van der Waals surface area contributed by atoms with E-state index in [1.807, 2.05) is 41.8 Å². The van der Waals surface area contributed by atoms with Crippen molar-refractivity contribution in [2.75, 3.05) is 10.6 Å². The van der Waals surface area contributed by atoms with Gasteiger partial charge in [-0.25, -0.2) is 4.79 Å². The summed E-state index contributed by atoms with van der Waals surface area (Å²) in [6.07, 6.45) is 0. The number of urea groups is 1. The van der Waals surface area contributed by atoms with Crippen molar-refractivity contribution >= 4 is 50.6 Å². The molecule has 0 aliphatic carbocycles. The van der Waals surface area contributed by atoms with E-state index >= 15 is 0 Å². The molecule has 2 amide bonds. The van der Waals surface area contributed by atoms with Gasteiger partial charge >= 0.3 is 6.03 Å². The van der Waals surface area contributed by atoms with Gasteiger partial charge in [-0.05, 0) is 64.4 Å². The summed E-state index contributed by atoms with van der Waals surface area (Å²) in [7, 11) is 0. The van der Waals surface area contributed by atoms with E-state index in [-0.39, 0.29) is 6.03 Å². The number of carbonyl (C=O) groups excluding carboxylic acids is 1. The van der Waals surface area contributed by atoms with E-state index in [9.17, 15) is 4.79 Å². The van der Waals surface area contributed by atoms with Crippen LogP contribution in [0.5, 0.6) is 0 Å². The lowest BCUT2D eigenvalue weighted by Crippen LogP contribution is -2.18. The number of hydrogen-bond acceptors (Lipinski definition) is 2. The number of hydrogen-bond donors (Lipinski definition) is 2. The Bertz CT molecular complexity index is 467. The molecule has 0 aliphatic heterocycles. The zero-order chi connectivity index (χ0) is 11.4. The molecular formula is C11H9IN2OS. The monoisotopic (exact) mass is 344 g/mol. The Morgan fingerprint density at radius 1 is 1.12 bits per heavy atom. The third-order valence-electron chi connectivity index (χ3n) is 1.86. The molecule has 0 bridgehead atoms. The lowest BCUT2D eigenvalue weighted by molar-refractivity contribution is 0.262. The predicted octanol–water partition coefficient (Wildman–Crippen LogP) is 4.00. The highest BCUT2D eigenvalue weighted by Crippen LogP contribution is 2.16. The fourth-order valence-electron chi connectivity index (χ4n) is 1.16. The average Bonchev–Trinajstić information content (AvgIpc) is 2.74. The summed E-state index contributed by atoms with van der Waals surface area (Å²) in [5, 5.41) is 8.27. The van der Waals surface area contributed by atoms with E-state index in [1.54, 1.807) is 0 Å². The maximum Gasteiger partial charge on any atom is 0.324 e. The number of nitrogens with one attached hydrogen (secondary N) is 2. The van der Waals surface area contributed by atoms with Crippen LogP contribution in [-0.4, -0.2) is 6.03 Å². The van der Waals surface area contributed by atoms with Gasteiger partial charge in [0.25, 0.3) is 0 Å². The Kier molecular flexibility index (Phi) is 3.79. The van der Waals surface area contributed by atoms with Gasteiger partial charge in [0.1, 0.15) is 0 Å². The summed E-state index contributed by atoms with van der Waals surface area (Å²) in [6.45, 7) is 0. The zero-order valence-electron chi connectivity index (χ0n) is 8.24. The zero-order valence-corrected chi connectivity index (χ0v) is 11.2. The van der Waals surface area contributed by atoms with E-state index in [4.69, 9.17) is 0 Å². The minimum absolute atomic E-state index is 0.219. The molecule has 0 aliphatic rings. The summed E-state index contributed by atoms with van der Waals surface area (Å²) >= 11 is 3.71. The van der Waals surface area contributed by atoms with Crippen molar-refractivity contribution in [3.8, 4) is 0 Å². The second kappa shape index (κ2) is 5.31. The van der Waals surface area contributed by atoms with Crippen LogP contribution in [0.15, 0.2) is 41.8 Å². The van der Waals surface area contributed by atoms with Crippen molar-refractivity contribution in [2.45, 2.75) is 0 Å². The lowest BCUT2D eigenvalue weighted by Gasteiger charge is -2.05. The maximum absolute atomic E-state index is 11.5. The fraction of sp³-hybridized carbons (Fsp3) is 0. The number of rotatable bonds is 2. The van der Waals surface area contributed by atoms with Crippen LogP contribution in [0.25, 0.3) is 0 Å². The first kappa shape index (κ1) is 11.4. The Balaban J connectivity index is 1.95. The maximum atomic E-state index is 11.5. The highest BCUT2D eigenvalue weighted by Gasteiger charge is 2.02. The molecule has 0 radical (unpaired) electrons. The molecule has 1 heterocycles. The van der Waals surface area contributed by atoms with Crippen LogP contribution in [-0.2, 0) is 0 Å². The Labute approximate surface area is 111 Å². The molecule has 5 heteroatoms. The van der Waals surface area contributed by atoms with Crippen LogP contribution in [0.1, 0.15) is 0 Å². The third kappa shape index (κ3) is 3.21. The van der Waals surface area contributed by atoms with E-state index in [0.717, 1.165) is 14.3 Å². The van der Waals surface area contributed by atoms with Crippen LogP contribution in [0.4, 0.5) is 15.5 Å². The molecule has 82 valence electrons. The number of carbonyl (C=O) groups is 1. The molecule has 2 aromatic rings. The first-order valence-corrected chi connectivity index (χ1v) is 6.57. The van der Waals surface area contributed by atoms with Crippen molar-refractivity contribution < 1.29 is 4.79 Å². The van der Waals surface area contributed by atoms with Crippen LogP contribution >= 0.6 is 33.9 Å². The third-order valence-corrected chi connectivity index (χ3v) is 3.36. The molecule has 0 saturated heterocycles. The van der Waals surface area contributed by atoms with Gasteiger partial charge in [-0.3, -0.25) is 5.32 Å². The molecule has 16 heavy (non-hydrogen) atoms. The molecule has 0 atom stereocenters. The summed E-state index contributed by atoms with van der Waals surface area (Å²) < 4.78 is 1.14. The second-order valence-electron chi connectivity index (χ2n) is 3.06. The smallest absolute Gasteiger partial charge is 0.308 e. The Hall–Kier alpha value is -1.08. The fourth-order valence-corrected chi connectivity index (χ4v) is 2.13. The molecule has 2 N–H and O–H groups in total. The molecule has 1 aromatic carbocycles. The van der Waals surface area contributed by atoms with Crippen molar-refractivity contribution in [3.05, 3.63) is 45.3 Å². The minimum Gasteiger partial charge on any atom is -0.308 e. The number of benzene rings is 1. The predicted molar refractivity (Wildman–Crippen MR) is 76.1 cm³/mol. The average molecular weight is 344 g/mol. The van der Waals surface area contributed by atoms with Gasteiger partial charge in [0.15, 0.2) is 0 Å². The first-order valence-electron chi connectivity index (χ1n) is 4.61. The van der Waals surface area contributed by atoms with Crippen LogP contribution in [0, 0.1) is 3.57 Å². The summed E-state index contributed by atoms with van der Waals surface area (Å²) in [5.41, 5.74) is 0.787. The van der Waals surface area contributed by atoms with Crippen molar-refractivity contribution in [2.24, 2.45) is 0 Å². The first-order chi connectivity index (χ1) is 7.74. The lowest BCUT2D eigenvalue weighted by atomic mass is 10.3. The van der Waals surface area contributed by atoms with Gasteiger partial charge in [-0.2, -0.15) is 0 Å². The van der Waals surface area contributed by atoms with Gasteiger partial charge in [0.05, 0.1) is 5.00 Å². The molecule has 0 spiro atoms. The summed E-state index contributed by atoms with van der Waals surface area (Å²) in [4.78, 5) is 11.5. The van der Waals surface area contributed by atoms with Crippen molar-refractivity contribution in [1.29, 1.82) is 0 Å². The highest BCUT2D eigenvalue weighted by molar-refractivity contribution is 14.1.